The molecule has 0 saturated heterocycles. The zero-order chi connectivity index (χ0) is 13.9. The molecule has 7 heteroatoms. The van der Waals surface area contributed by atoms with E-state index < -0.39 is 9.84 Å². The molecule has 1 unspecified atom stereocenters. The molecule has 104 valence electrons. The Balaban J connectivity index is 2.78. The van der Waals surface area contributed by atoms with Crippen LogP contribution < -0.4 is 11.3 Å². The monoisotopic (exact) mass is 274 g/mol. The molecular weight excluding hydrogens is 252 g/mol. The Morgan fingerprint density at radius 1 is 1.44 bits per heavy atom. The Labute approximate surface area is 108 Å². The molecular formula is C11H22N4O2S. The number of nitrogens with two attached hydrogens (primary N) is 1. The van der Waals surface area contributed by atoms with E-state index >= 15 is 0 Å². The lowest BCUT2D eigenvalue weighted by Gasteiger charge is -2.16. The summed E-state index contributed by atoms with van der Waals surface area (Å²) in [5.41, 5.74) is 5.79. The molecule has 18 heavy (non-hydrogen) atoms. The number of rotatable bonds is 6. The normalized spacial score (nSPS) is 13.8. The molecule has 0 aliphatic rings. The minimum atomic E-state index is -2.91. The van der Waals surface area contributed by atoms with Crippen LogP contribution in [0.3, 0.4) is 0 Å². The van der Waals surface area contributed by atoms with Crippen molar-refractivity contribution in [1.29, 1.82) is 0 Å². The molecule has 3 N–H and O–H groups in total. The third kappa shape index (κ3) is 3.79. The Hall–Kier alpha value is -0.920. The molecule has 0 fully saturated rings. The first kappa shape index (κ1) is 15.1. The summed E-state index contributed by atoms with van der Waals surface area (Å²) in [6.45, 7) is 3.92. The van der Waals surface area contributed by atoms with Gasteiger partial charge < -0.3 is 0 Å². The molecule has 1 rings (SSSR count). The zero-order valence-electron chi connectivity index (χ0n) is 11.4. The highest BCUT2D eigenvalue weighted by molar-refractivity contribution is 7.90. The Kier molecular flexibility index (Phi) is 4.89. The van der Waals surface area contributed by atoms with Gasteiger partial charge in [-0.2, -0.15) is 5.10 Å². The van der Waals surface area contributed by atoms with E-state index in [-0.39, 0.29) is 11.8 Å². The van der Waals surface area contributed by atoms with Gasteiger partial charge in [-0.05, 0) is 26.7 Å². The number of hydrogen-bond donors (Lipinski definition) is 2. The number of aryl methyl sites for hydroxylation is 2. The molecule has 0 saturated carbocycles. The summed E-state index contributed by atoms with van der Waals surface area (Å²) in [4.78, 5) is 0. The molecule has 0 aliphatic carbocycles. The van der Waals surface area contributed by atoms with Crippen LogP contribution in [-0.2, 0) is 16.9 Å². The van der Waals surface area contributed by atoms with Gasteiger partial charge in [-0.15, -0.1) is 0 Å². The van der Waals surface area contributed by atoms with E-state index in [4.69, 9.17) is 5.84 Å². The maximum atomic E-state index is 11.1. The topological polar surface area (TPSA) is 90.0 Å². The van der Waals surface area contributed by atoms with Crippen molar-refractivity contribution in [2.45, 2.75) is 32.7 Å². The molecule has 0 bridgehead atoms. The predicted octanol–water partition coefficient (Wildman–Crippen LogP) is 0.366. The van der Waals surface area contributed by atoms with E-state index in [2.05, 4.69) is 10.5 Å². The van der Waals surface area contributed by atoms with Crippen molar-refractivity contribution in [2.24, 2.45) is 12.9 Å². The van der Waals surface area contributed by atoms with Gasteiger partial charge in [0.25, 0.3) is 0 Å². The lowest BCUT2D eigenvalue weighted by molar-refractivity contribution is 0.503. The van der Waals surface area contributed by atoms with Crippen LogP contribution in [0, 0.1) is 13.8 Å². The molecule has 1 atom stereocenters. The van der Waals surface area contributed by atoms with E-state index in [9.17, 15) is 8.42 Å². The second-order valence-electron chi connectivity index (χ2n) is 4.70. The first-order chi connectivity index (χ1) is 8.26. The van der Waals surface area contributed by atoms with E-state index in [0.29, 0.717) is 12.8 Å². The van der Waals surface area contributed by atoms with Gasteiger partial charge in [-0.1, -0.05) is 0 Å². The largest absolute Gasteiger partial charge is 0.272 e. The summed E-state index contributed by atoms with van der Waals surface area (Å²) in [6, 6.07) is -0.0551. The fourth-order valence-corrected chi connectivity index (χ4v) is 2.85. The standard InChI is InChI=1S/C11H22N4O2S/c1-8-11(9(2)15(3)14-8)10(13-12)6-5-7-18(4,16)17/h10,13H,5-7,12H2,1-4H3. The summed E-state index contributed by atoms with van der Waals surface area (Å²) >= 11 is 0. The van der Waals surface area contributed by atoms with E-state index in [1.54, 1.807) is 0 Å². The maximum absolute atomic E-state index is 11.1. The minimum Gasteiger partial charge on any atom is -0.272 e. The van der Waals surface area contributed by atoms with Crippen LogP contribution in [-0.4, -0.2) is 30.2 Å². The van der Waals surface area contributed by atoms with E-state index in [1.165, 1.54) is 6.26 Å². The predicted molar refractivity (Wildman–Crippen MR) is 71.7 cm³/mol. The molecule has 0 aliphatic heterocycles. The van der Waals surface area contributed by atoms with Crippen LogP contribution in [0.25, 0.3) is 0 Å². The zero-order valence-corrected chi connectivity index (χ0v) is 12.2. The van der Waals surface area contributed by atoms with Crippen LogP contribution >= 0.6 is 0 Å². The van der Waals surface area contributed by atoms with Crippen LogP contribution in [0.5, 0.6) is 0 Å². The average molecular weight is 274 g/mol. The summed E-state index contributed by atoms with van der Waals surface area (Å²) in [5, 5.41) is 4.34. The lowest BCUT2D eigenvalue weighted by atomic mass is 10.0. The second-order valence-corrected chi connectivity index (χ2v) is 6.96. The summed E-state index contributed by atoms with van der Waals surface area (Å²) < 4.78 is 24.0. The number of nitrogens with zero attached hydrogens (tertiary/aromatic N) is 2. The van der Waals surface area contributed by atoms with Gasteiger partial charge in [0.15, 0.2) is 0 Å². The summed E-state index contributed by atoms with van der Waals surface area (Å²) in [7, 11) is -1.03. The van der Waals surface area contributed by atoms with Crippen molar-refractivity contribution in [3.05, 3.63) is 17.0 Å². The molecule has 0 spiro atoms. The van der Waals surface area contributed by atoms with Crippen LogP contribution in [0.15, 0.2) is 0 Å². The Morgan fingerprint density at radius 3 is 2.44 bits per heavy atom. The van der Waals surface area contributed by atoms with Gasteiger partial charge >= 0.3 is 0 Å². The van der Waals surface area contributed by atoms with Gasteiger partial charge in [0.2, 0.25) is 0 Å². The summed E-state index contributed by atoms with van der Waals surface area (Å²) in [6.07, 6.45) is 2.51. The van der Waals surface area contributed by atoms with Gasteiger partial charge in [-0.3, -0.25) is 16.0 Å². The van der Waals surface area contributed by atoms with Crippen molar-refractivity contribution in [1.82, 2.24) is 15.2 Å². The average Bonchev–Trinajstić information content (AvgIpc) is 2.48. The fraction of sp³-hybridized carbons (Fsp3) is 0.727. The van der Waals surface area contributed by atoms with Crippen LogP contribution in [0.1, 0.15) is 35.8 Å². The van der Waals surface area contributed by atoms with Crippen molar-refractivity contribution in [2.75, 3.05) is 12.0 Å². The van der Waals surface area contributed by atoms with Crippen molar-refractivity contribution >= 4 is 9.84 Å². The molecule has 1 aromatic rings. The quantitative estimate of drug-likeness (QED) is 0.577. The van der Waals surface area contributed by atoms with Crippen LogP contribution in [0.2, 0.25) is 0 Å². The maximum Gasteiger partial charge on any atom is 0.147 e. The van der Waals surface area contributed by atoms with E-state index in [0.717, 1.165) is 17.0 Å². The SMILES string of the molecule is Cc1nn(C)c(C)c1C(CCCS(C)(=O)=O)NN. The van der Waals surface area contributed by atoms with Gasteiger partial charge in [-0.25, -0.2) is 8.42 Å². The fourth-order valence-electron chi connectivity index (χ4n) is 2.15. The second kappa shape index (κ2) is 5.81. The Bertz CT molecular complexity index is 507. The van der Waals surface area contributed by atoms with Crippen molar-refractivity contribution in [3.8, 4) is 0 Å². The van der Waals surface area contributed by atoms with E-state index in [1.807, 2.05) is 25.6 Å². The molecule has 0 aromatic carbocycles. The van der Waals surface area contributed by atoms with Crippen molar-refractivity contribution in [3.63, 3.8) is 0 Å². The smallest absolute Gasteiger partial charge is 0.147 e. The molecule has 0 radical (unpaired) electrons. The molecule has 0 amide bonds. The molecule has 6 nitrogen and oxygen atoms in total. The number of hydrogen-bond acceptors (Lipinski definition) is 5. The first-order valence-corrected chi connectivity index (χ1v) is 7.96. The van der Waals surface area contributed by atoms with Crippen LogP contribution in [0.4, 0.5) is 0 Å². The van der Waals surface area contributed by atoms with Crippen molar-refractivity contribution < 1.29 is 8.42 Å². The molecule has 1 aromatic heterocycles. The molecule has 1 heterocycles. The van der Waals surface area contributed by atoms with Gasteiger partial charge in [0.05, 0.1) is 5.69 Å². The number of sulfone groups is 1. The number of nitrogens with one attached hydrogen (secondary N) is 1. The third-order valence-corrected chi connectivity index (χ3v) is 4.15. The highest BCUT2D eigenvalue weighted by atomic mass is 32.2. The highest BCUT2D eigenvalue weighted by Crippen LogP contribution is 2.24. The number of hydrazine groups is 1. The van der Waals surface area contributed by atoms with Gasteiger partial charge in [0, 0.05) is 36.4 Å². The third-order valence-electron chi connectivity index (χ3n) is 3.12. The Morgan fingerprint density at radius 2 is 2.06 bits per heavy atom. The first-order valence-electron chi connectivity index (χ1n) is 5.90. The number of aromatic nitrogens is 2. The highest BCUT2D eigenvalue weighted by Gasteiger charge is 2.19. The van der Waals surface area contributed by atoms with Gasteiger partial charge in [0.1, 0.15) is 9.84 Å². The lowest BCUT2D eigenvalue weighted by Crippen LogP contribution is -2.29. The summed E-state index contributed by atoms with van der Waals surface area (Å²) in [5.74, 6) is 5.75. The minimum absolute atomic E-state index is 0.0551.